The van der Waals surface area contributed by atoms with Crippen LogP contribution in [0.25, 0.3) is 0 Å². The number of rotatable bonds is 6. The van der Waals surface area contributed by atoms with E-state index in [1.807, 2.05) is 6.92 Å². The van der Waals surface area contributed by atoms with Gasteiger partial charge in [-0.2, -0.15) is 0 Å². The fourth-order valence-corrected chi connectivity index (χ4v) is 3.09. The van der Waals surface area contributed by atoms with Gasteiger partial charge in [-0.1, -0.05) is 28.9 Å². The summed E-state index contributed by atoms with van der Waals surface area (Å²) >= 11 is 5.24. The van der Waals surface area contributed by atoms with Crippen molar-refractivity contribution in [3.63, 3.8) is 0 Å². The molecule has 1 aromatic rings. The minimum absolute atomic E-state index is 0.215. The Bertz CT molecular complexity index is 382. The third-order valence-electron chi connectivity index (χ3n) is 2.77. The van der Waals surface area contributed by atoms with Crippen molar-refractivity contribution in [1.29, 1.82) is 0 Å². The minimum Gasteiger partial charge on any atom is -0.395 e. The van der Waals surface area contributed by atoms with Crippen LogP contribution in [0.2, 0.25) is 0 Å². The fourth-order valence-electron chi connectivity index (χ4n) is 1.58. The van der Waals surface area contributed by atoms with E-state index >= 15 is 0 Å². The number of benzene rings is 1. The predicted octanol–water partition coefficient (Wildman–Crippen LogP) is 3.17. The highest BCUT2D eigenvalue weighted by Crippen LogP contribution is 2.30. The van der Waals surface area contributed by atoms with Crippen LogP contribution in [0.4, 0.5) is 0 Å². The highest BCUT2D eigenvalue weighted by molar-refractivity contribution is 9.10. The summed E-state index contributed by atoms with van der Waals surface area (Å²) in [7, 11) is 0. The summed E-state index contributed by atoms with van der Waals surface area (Å²) in [4.78, 5) is 1.26. The molecule has 4 heteroatoms. The zero-order valence-corrected chi connectivity index (χ0v) is 12.4. The van der Waals surface area contributed by atoms with E-state index in [0.717, 1.165) is 17.1 Å². The minimum atomic E-state index is 0.215. The van der Waals surface area contributed by atoms with Gasteiger partial charge >= 0.3 is 0 Å². The molecule has 1 aromatic carbocycles. The zero-order valence-electron chi connectivity index (χ0n) is 9.95. The summed E-state index contributed by atoms with van der Waals surface area (Å²) < 4.78 is 1.10. The molecule has 1 unspecified atom stereocenters. The molecular formula is C13H18BrNOS. The lowest BCUT2D eigenvalue weighted by Crippen LogP contribution is -2.16. The van der Waals surface area contributed by atoms with Crippen molar-refractivity contribution in [3.05, 3.63) is 28.2 Å². The van der Waals surface area contributed by atoms with Gasteiger partial charge in [-0.15, -0.1) is 11.8 Å². The normalized spacial score (nSPS) is 17.1. The van der Waals surface area contributed by atoms with Crippen LogP contribution in [-0.4, -0.2) is 23.0 Å². The second kappa shape index (κ2) is 6.23. The van der Waals surface area contributed by atoms with Crippen molar-refractivity contribution < 1.29 is 5.11 Å². The Morgan fingerprint density at radius 2 is 2.29 bits per heavy atom. The average Bonchev–Trinajstić information content (AvgIpc) is 3.12. The molecule has 0 spiro atoms. The molecule has 0 bridgehead atoms. The van der Waals surface area contributed by atoms with Crippen LogP contribution in [0, 0.1) is 0 Å². The van der Waals surface area contributed by atoms with Gasteiger partial charge in [0.2, 0.25) is 0 Å². The fraction of sp³-hybridized carbons (Fsp3) is 0.538. The topological polar surface area (TPSA) is 32.3 Å². The molecule has 0 aromatic heterocycles. The van der Waals surface area contributed by atoms with E-state index in [-0.39, 0.29) is 11.9 Å². The molecule has 0 heterocycles. The van der Waals surface area contributed by atoms with Crippen LogP contribution in [0.3, 0.4) is 0 Å². The molecule has 2 rings (SSSR count). The SMILES string of the molecule is CC(CO)Sc1cc(Br)ccc1CNC1CC1. The molecule has 1 aliphatic rings. The van der Waals surface area contributed by atoms with E-state index in [0.29, 0.717) is 0 Å². The molecule has 1 aliphatic carbocycles. The third kappa shape index (κ3) is 4.28. The maximum Gasteiger partial charge on any atom is 0.0550 e. The molecular weight excluding hydrogens is 298 g/mol. The molecule has 0 radical (unpaired) electrons. The van der Waals surface area contributed by atoms with Crippen molar-refractivity contribution in [2.24, 2.45) is 0 Å². The van der Waals surface area contributed by atoms with Gasteiger partial charge < -0.3 is 10.4 Å². The summed E-state index contributed by atoms with van der Waals surface area (Å²) in [6.07, 6.45) is 2.62. The van der Waals surface area contributed by atoms with Crippen LogP contribution in [-0.2, 0) is 6.54 Å². The quantitative estimate of drug-likeness (QED) is 0.791. The van der Waals surface area contributed by atoms with Crippen LogP contribution < -0.4 is 5.32 Å². The first-order valence-corrected chi connectivity index (χ1v) is 7.65. The highest BCUT2D eigenvalue weighted by atomic mass is 79.9. The lowest BCUT2D eigenvalue weighted by molar-refractivity contribution is 0.300. The second-order valence-corrected chi connectivity index (χ2v) is 6.91. The molecule has 0 saturated heterocycles. The van der Waals surface area contributed by atoms with Gasteiger partial charge in [-0.3, -0.25) is 0 Å². The molecule has 17 heavy (non-hydrogen) atoms. The Balaban J connectivity index is 2.05. The van der Waals surface area contributed by atoms with Gasteiger partial charge in [-0.05, 0) is 30.5 Å². The van der Waals surface area contributed by atoms with Gasteiger partial charge in [0.25, 0.3) is 0 Å². The van der Waals surface area contributed by atoms with Gasteiger partial charge in [0.15, 0.2) is 0 Å². The first-order chi connectivity index (χ1) is 8.19. The second-order valence-electron chi connectivity index (χ2n) is 4.52. The van der Waals surface area contributed by atoms with E-state index in [1.165, 1.54) is 23.3 Å². The van der Waals surface area contributed by atoms with Crippen LogP contribution in [0.15, 0.2) is 27.6 Å². The number of nitrogens with one attached hydrogen (secondary N) is 1. The molecule has 1 fully saturated rings. The summed E-state index contributed by atoms with van der Waals surface area (Å²) in [5.41, 5.74) is 1.32. The van der Waals surface area contributed by atoms with E-state index < -0.39 is 0 Å². The van der Waals surface area contributed by atoms with E-state index in [1.54, 1.807) is 11.8 Å². The number of aliphatic hydroxyl groups excluding tert-OH is 1. The standard InChI is InChI=1S/C13H18BrNOS/c1-9(8-16)17-13-6-11(14)3-2-10(13)7-15-12-4-5-12/h2-3,6,9,12,15-16H,4-5,7-8H2,1H3. The summed E-state index contributed by atoms with van der Waals surface area (Å²) in [6, 6.07) is 7.11. The largest absolute Gasteiger partial charge is 0.395 e. The number of halogens is 1. The number of aliphatic hydroxyl groups is 1. The number of hydrogen-bond donors (Lipinski definition) is 2. The van der Waals surface area contributed by atoms with Crippen molar-refractivity contribution in [2.75, 3.05) is 6.61 Å². The Kier molecular flexibility index (Phi) is 4.91. The van der Waals surface area contributed by atoms with E-state index in [2.05, 4.69) is 39.4 Å². The smallest absolute Gasteiger partial charge is 0.0550 e. The Labute approximate surface area is 115 Å². The summed E-state index contributed by atoms with van der Waals surface area (Å²) in [6.45, 7) is 3.19. The highest BCUT2D eigenvalue weighted by Gasteiger charge is 2.20. The molecule has 2 nitrogen and oxygen atoms in total. The Morgan fingerprint density at radius 1 is 1.53 bits per heavy atom. The molecule has 0 aliphatic heterocycles. The van der Waals surface area contributed by atoms with E-state index in [9.17, 15) is 0 Å². The molecule has 1 saturated carbocycles. The van der Waals surface area contributed by atoms with Crippen molar-refractivity contribution >= 4 is 27.7 Å². The van der Waals surface area contributed by atoms with Gasteiger partial charge in [0.1, 0.15) is 0 Å². The first-order valence-electron chi connectivity index (χ1n) is 5.98. The van der Waals surface area contributed by atoms with Crippen molar-refractivity contribution in [3.8, 4) is 0 Å². The molecule has 2 N–H and O–H groups in total. The lowest BCUT2D eigenvalue weighted by atomic mass is 10.2. The van der Waals surface area contributed by atoms with Crippen LogP contribution >= 0.6 is 27.7 Å². The Morgan fingerprint density at radius 3 is 2.94 bits per heavy atom. The van der Waals surface area contributed by atoms with Gasteiger partial charge in [0.05, 0.1) is 6.61 Å². The molecule has 0 amide bonds. The first kappa shape index (κ1) is 13.4. The van der Waals surface area contributed by atoms with Gasteiger partial charge in [-0.25, -0.2) is 0 Å². The van der Waals surface area contributed by atoms with Crippen molar-refractivity contribution in [1.82, 2.24) is 5.32 Å². The van der Waals surface area contributed by atoms with Gasteiger partial charge in [0, 0.05) is 27.2 Å². The summed E-state index contributed by atoms with van der Waals surface area (Å²) in [5, 5.41) is 12.9. The number of thioether (sulfide) groups is 1. The molecule has 1 atom stereocenters. The number of hydrogen-bond acceptors (Lipinski definition) is 3. The lowest BCUT2D eigenvalue weighted by Gasteiger charge is -2.13. The average molecular weight is 316 g/mol. The van der Waals surface area contributed by atoms with E-state index in [4.69, 9.17) is 5.11 Å². The zero-order chi connectivity index (χ0) is 12.3. The van der Waals surface area contributed by atoms with Crippen LogP contribution in [0.1, 0.15) is 25.3 Å². The molecule has 94 valence electrons. The monoisotopic (exact) mass is 315 g/mol. The predicted molar refractivity (Wildman–Crippen MR) is 76.4 cm³/mol. The van der Waals surface area contributed by atoms with Crippen molar-refractivity contribution in [2.45, 2.75) is 42.5 Å². The summed E-state index contributed by atoms with van der Waals surface area (Å²) in [5.74, 6) is 0. The maximum atomic E-state index is 9.14. The third-order valence-corrected chi connectivity index (χ3v) is 4.45. The van der Waals surface area contributed by atoms with Crippen LogP contribution in [0.5, 0.6) is 0 Å². The maximum absolute atomic E-state index is 9.14. The Hall–Kier alpha value is -0.0300.